The maximum absolute atomic E-state index is 9.94. The largest absolute Gasteiger partial charge is 0.412 e. The summed E-state index contributed by atoms with van der Waals surface area (Å²) in [5, 5.41) is 76.5. The fourth-order valence-corrected chi connectivity index (χ4v) is 2.57. The third kappa shape index (κ3) is 5.24. The molecule has 0 bridgehead atoms. The topological polar surface area (TPSA) is 284 Å². The van der Waals surface area contributed by atoms with Crippen LogP contribution in [0.4, 0.5) is 0 Å². The van der Waals surface area contributed by atoms with E-state index >= 15 is 0 Å². The first-order valence-corrected chi connectivity index (χ1v) is 7.08. The summed E-state index contributed by atoms with van der Waals surface area (Å²) >= 11 is 0. The summed E-state index contributed by atoms with van der Waals surface area (Å²) in [5.41, 5.74) is 0. The van der Waals surface area contributed by atoms with Gasteiger partial charge in [-0.3, -0.25) is 0 Å². The maximum atomic E-state index is 9.94. The van der Waals surface area contributed by atoms with Gasteiger partial charge in [0.25, 0.3) is 0 Å². The lowest BCUT2D eigenvalue weighted by Gasteiger charge is -2.45. The zero-order valence-electron chi connectivity index (χ0n) is 13.5. The Hall–Kier alpha value is -0.560. The highest BCUT2D eigenvalue weighted by atomic mass is 16.7. The zero-order chi connectivity index (χ0) is 17.3. The Balaban J connectivity index is 0. The van der Waals surface area contributed by atoms with E-state index in [-0.39, 0.29) is 16.4 Å². The van der Waals surface area contributed by atoms with E-state index < -0.39 is 74.6 Å². The minimum absolute atomic E-state index is 0. The fourth-order valence-electron chi connectivity index (χ4n) is 2.57. The minimum atomic E-state index is -1.74. The number of ether oxygens (including phenoxy) is 3. The average molecular weight is 396 g/mol. The van der Waals surface area contributed by atoms with E-state index in [1.807, 2.05) is 0 Å². The SMILES string of the molecule is O.O.O.OC[C@H]1O[C@@H](O[C@H]2[C@H](O)[C@@H](O)[C@H](O)O[C@@H]2CO)[C@H](O)[C@@H](O)[C@H]1O. The Morgan fingerprint density at radius 2 is 1.15 bits per heavy atom. The van der Waals surface area contributed by atoms with Crippen molar-refractivity contribution in [2.24, 2.45) is 0 Å². The van der Waals surface area contributed by atoms with Crippen molar-refractivity contribution in [3.63, 3.8) is 0 Å². The van der Waals surface area contributed by atoms with E-state index in [1.54, 1.807) is 0 Å². The molecule has 0 spiro atoms. The van der Waals surface area contributed by atoms with Gasteiger partial charge in [0, 0.05) is 0 Å². The molecule has 14 N–H and O–H groups in total. The van der Waals surface area contributed by atoms with Gasteiger partial charge in [-0.2, -0.15) is 0 Å². The summed E-state index contributed by atoms with van der Waals surface area (Å²) in [6, 6.07) is 0. The molecule has 0 aromatic carbocycles. The van der Waals surface area contributed by atoms with Gasteiger partial charge in [0.1, 0.15) is 48.8 Å². The van der Waals surface area contributed by atoms with Crippen molar-refractivity contribution in [2.75, 3.05) is 13.2 Å². The summed E-state index contributed by atoms with van der Waals surface area (Å²) in [7, 11) is 0. The van der Waals surface area contributed by atoms with Gasteiger partial charge >= 0.3 is 0 Å². The number of rotatable bonds is 4. The van der Waals surface area contributed by atoms with Crippen molar-refractivity contribution in [2.45, 2.75) is 61.4 Å². The molecule has 160 valence electrons. The van der Waals surface area contributed by atoms with Crippen LogP contribution < -0.4 is 0 Å². The Bertz CT molecular complexity index is 381. The predicted molar refractivity (Wildman–Crippen MR) is 79.5 cm³/mol. The molecule has 10 atom stereocenters. The van der Waals surface area contributed by atoms with Crippen molar-refractivity contribution in [1.29, 1.82) is 0 Å². The van der Waals surface area contributed by atoms with Crippen molar-refractivity contribution in [3.8, 4) is 0 Å². The van der Waals surface area contributed by atoms with Crippen LogP contribution in [0.1, 0.15) is 0 Å². The van der Waals surface area contributed by atoms with Crippen LogP contribution in [0.2, 0.25) is 0 Å². The summed E-state index contributed by atoms with van der Waals surface area (Å²) in [5.74, 6) is 0. The van der Waals surface area contributed by atoms with Gasteiger partial charge < -0.3 is 71.5 Å². The van der Waals surface area contributed by atoms with Crippen molar-refractivity contribution in [3.05, 3.63) is 0 Å². The molecule has 2 fully saturated rings. The average Bonchev–Trinajstić information content (AvgIpc) is 2.55. The van der Waals surface area contributed by atoms with Crippen molar-refractivity contribution >= 4 is 0 Å². The quantitative estimate of drug-likeness (QED) is 0.221. The molecule has 26 heavy (non-hydrogen) atoms. The van der Waals surface area contributed by atoms with Gasteiger partial charge in [-0.15, -0.1) is 0 Å². The number of hydrogen-bond acceptors (Lipinski definition) is 11. The van der Waals surface area contributed by atoms with E-state index in [1.165, 1.54) is 0 Å². The molecule has 0 unspecified atom stereocenters. The first-order valence-electron chi connectivity index (χ1n) is 7.08. The second kappa shape index (κ2) is 11.3. The van der Waals surface area contributed by atoms with Crippen LogP contribution in [0.3, 0.4) is 0 Å². The van der Waals surface area contributed by atoms with Crippen molar-refractivity contribution < 1.29 is 71.5 Å². The second-order valence-electron chi connectivity index (χ2n) is 5.53. The van der Waals surface area contributed by atoms with Gasteiger partial charge in [-0.1, -0.05) is 0 Å². The standard InChI is InChI=1S/C12H22O11.3H2O/c13-1-3-5(15)6(16)9(19)12(22-3)23-10-4(2-14)21-11(20)8(18)7(10)17;;;/h3-20H,1-2H2;3*1H2/t3-,4-,5+,6+,7-,8-,9-,10-,11-,12+;;;/m1.../s1. The van der Waals surface area contributed by atoms with Crippen LogP contribution in [0.15, 0.2) is 0 Å². The molecule has 0 radical (unpaired) electrons. The van der Waals surface area contributed by atoms with Crippen LogP contribution in [-0.2, 0) is 14.2 Å². The highest BCUT2D eigenvalue weighted by Crippen LogP contribution is 2.28. The first-order chi connectivity index (χ1) is 10.8. The monoisotopic (exact) mass is 396 g/mol. The van der Waals surface area contributed by atoms with E-state index in [9.17, 15) is 35.7 Å². The molecular formula is C12H28O14. The smallest absolute Gasteiger partial charge is 0.187 e. The highest BCUT2D eigenvalue weighted by molar-refractivity contribution is 4.93. The van der Waals surface area contributed by atoms with Crippen LogP contribution >= 0.6 is 0 Å². The summed E-state index contributed by atoms with van der Waals surface area (Å²) in [6.07, 6.45) is -15.6. The Kier molecular flexibility index (Phi) is 12.0. The molecular weight excluding hydrogens is 368 g/mol. The second-order valence-corrected chi connectivity index (χ2v) is 5.53. The normalized spacial score (nSPS) is 45.7. The van der Waals surface area contributed by atoms with Gasteiger partial charge in [-0.05, 0) is 0 Å². The number of aliphatic hydroxyl groups is 8. The molecule has 2 aliphatic heterocycles. The fraction of sp³-hybridized carbons (Fsp3) is 1.00. The first kappa shape index (κ1) is 27.7. The van der Waals surface area contributed by atoms with E-state index in [0.29, 0.717) is 0 Å². The molecule has 14 nitrogen and oxygen atoms in total. The van der Waals surface area contributed by atoms with Gasteiger partial charge in [0.2, 0.25) is 0 Å². The Morgan fingerprint density at radius 1 is 0.615 bits per heavy atom. The minimum Gasteiger partial charge on any atom is -0.412 e. The summed E-state index contributed by atoms with van der Waals surface area (Å²) < 4.78 is 15.3. The Morgan fingerprint density at radius 3 is 1.65 bits per heavy atom. The molecule has 2 saturated heterocycles. The van der Waals surface area contributed by atoms with Crippen molar-refractivity contribution in [1.82, 2.24) is 0 Å². The van der Waals surface area contributed by atoms with Crippen LogP contribution in [0.25, 0.3) is 0 Å². The third-order valence-corrected chi connectivity index (χ3v) is 3.98. The van der Waals surface area contributed by atoms with Gasteiger partial charge in [0.15, 0.2) is 12.6 Å². The molecule has 0 aromatic rings. The van der Waals surface area contributed by atoms with Gasteiger partial charge in [0.05, 0.1) is 13.2 Å². The number of aliphatic hydroxyl groups excluding tert-OH is 8. The van der Waals surface area contributed by atoms with E-state index in [4.69, 9.17) is 19.3 Å². The molecule has 0 aliphatic carbocycles. The molecule has 0 saturated carbocycles. The molecule has 2 aliphatic rings. The predicted octanol–water partition coefficient (Wildman–Crippen LogP) is -7.87. The molecule has 14 heteroatoms. The third-order valence-electron chi connectivity index (χ3n) is 3.98. The summed E-state index contributed by atoms with van der Waals surface area (Å²) in [4.78, 5) is 0. The van der Waals surface area contributed by atoms with E-state index in [2.05, 4.69) is 0 Å². The van der Waals surface area contributed by atoms with Crippen LogP contribution in [0, 0.1) is 0 Å². The number of hydrogen-bond donors (Lipinski definition) is 8. The summed E-state index contributed by atoms with van der Waals surface area (Å²) in [6.45, 7) is -1.35. The molecule has 0 aromatic heterocycles. The lowest BCUT2D eigenvalue weighted by atomic mass is 9.97. The lowest BCUT2D eigenvalue weighted by Crippen LogP contribution is -2.64. The van der Waals surface area contributed by atoms with Crippen LogP contribution in [0.5, 0.6) is 0 Å². The van der Waals surface area contributed by atoms with Gasteiger partial charge in [-0.25, -0.2) is 0 Å². The van der Waals surface area contributed by atoms with E-state index in [0.717, 1.165) is 0 Å². The zero-order valence-corrected chi connectivity index (χ0v) is 13.5. The Labute approximate surface area is 147 Å². The lowest BCUT2D eigenvalue weighted by molar-refractivity contribution is -0.355. The molecule has 0 amide bonds. The highest BCUT2D eigenvalue weighted by Gasteiger charge is 2.50. The van der Waals surface area contributed by atoms with Crippen LogP contribution in [-0.4, -0.2) is 132 Å². The maximum Gasteiger partial charge on any atom is 0.187 e. The molecule has 2 rings (SSSR count). The molecule has 2 heterocycles.